The van der Waals surface area contributed by atoms with Gasteiger partial charge in [-0.1, -0.05) is 6.07 Å². The molecule has 1 aromatic rings. The molecule has 2 heterocycles. The zero-order chi connectivity index (χ0) is 14.0. The molecule has 1 unspecified atom stereocenters. The Morgan fingerprint density at radius 2 is 2.05 bits per heavy atom. The van der Waals surface area contributed by atoms with Gasteiger partial charge in [-0.25, -0.2) is 8.42 Å². The second kappa shape index (κ2) is 5.61. The Bertz CT molecular complexity index is 568. The summed E-state index contributed by atoms with van der Waals surface area (Å²) in [5.41, 5.74) is 1.14. The molecular formula is C14H20N2O3S. The van der Waals surface area contributed by atoms with E-state index < -0.39 is 9.84 Å². The number of benzene rings is 1. The van der Waals surface area contributed by atoms with E-state index in [0.29, 0.717) is 6.42 Å². The fourth-order valence-electron chi connectivity index (χ4n) is 2.72. The fraction of sp³-hybridized carbons (Fsp3) is 0.571. The smallest absolute Gasteiger partial charge is 0.154 e. The minimum Gasteiger partial charge on any atom is -0.489 e. The van der Waals surface area contributed by atoms with Crippen molar-refractivity contribution < 1.29 is 13.2 Å². The Hall–Kier alpha value is -1.27. The summed E-state index contributed by atoms with van der Waals surface area (Å²) < 4.78 is 28.7. The first-order valence-corrected chi connectivity index (χ1v) is 8.87. The molecule has 0 amide bonds. The van der Waals surface area contributed by atoms with Crippen LogP contribution < -0.4 is 15.0 Å². The lowest BCUT2D eigenvalue weighted by Gasteiger charge is -2.29. The molecule has 1 N–H and O–H groups in total. The number of nitrogens with one attached hydrogen (secondary N) is 1. The highest BCUT2D eigenvalue weighted by atomic mass is 32.2. The summed E-state index contributed by atoms with van der Waals surface area (Å²) in [5, 5.41) is 3.33. The van der Waals surface area contributed by atoms with Crippen molar-refractivity contribution >= 4 is 15.5 Å². The van der Waals surface area contributed by atoms with Crippen LogP contribution in [0.15, 0.2) is 24.3 Å². The molecule has 0 bridgehead atoms. The van der Waals surface area contributed by atoms with Gasteiger partial charge in [-0.05, 0) is 18.6 Å². The van der Waals surface area contributed by atoms with Crippen LogP contribution in [-0.2, 0) is 9.84 Å². The molecule has 2 saturated heterocycles. The molecule has 20 heavy (non-hydrogen) atoms. The van der Waals surface area contributed by atoms with E-state index in [9.17, 15) is 8.42 Å². The van der Waals surface area contributed by atoms with Gasteiger partial charge in [0.05, 0.1) is 11.5 Å². The Morgan fingerprint density at radius 1 is 1.25 bits per heavy atom. The zero-order valence-electron chi connectivity index (χ0n) is 11.4. The van der Waals surface area contributed by atoms with Gasteiger partial charge in [0.1, 0.15) is 11.9 Å². The number of nitrogens with zero attached hydrogens (tertiary/aromatic N) is 1. The minimum absolute atomic E-state index is 0.144. The molecule has 0 spiro atoms. The van der Waals surface area contributed by atoms with Crippen molar-refractivity contribution in [3.05, 3.63) is 24.3 Å². The summed E-state index contributed by atoms with van der Waals surface area (Å²) in [5.74, 6) is 1.16. The van der Waals surface area contributed by atoms with Crippen molar-refractivity contribution in [3.8, 4) is 5.75 Å². The Labute approximate surface area is 119 Å². The molecule has 0 radical (unpaired) electrons. The Balaban J connectivity index is 1.68. The van der Waals surface area contributed by atoms with Crippen LogP contribution in [0, 0.1) is 0 Å². The largest absolute Gasteiger partial charge is 0.489 e. The van der Waals surface area contributed by atoms with Gasteiger partial charge in [0.15, 0.2) is 9.84 Å². The average Bonchev–Trinajstić information content (AvgIpc) is 2.79. The monoisotopic (exact) mass is 296 g/mol. The molecule has 1 atom stereocenters. The van der Waals surface area contributed by atoms with Gasteiger partial charge in [-0.2, -0.15) is 0 Å². The molecule has 2 aliphatic rings. The maximum Gasteiger partial charge on any atom is 0.154 e. The highest BCUT2D eigenvalue weighted by Gasteiger charge is 2.29. The van der Waals surface area contributed by atoms with Crippen molar-refractivity contribution in [2.75, 3.05) is 42.6 Å². The van der Waals surface area contributed by atoms with Crippen molar-refractivity contribution in [1.29, 1.82) is 0 Å². The highest BCUT2D eigenvalue weighted by Crippen LogP contribution is 2.25. The molecule has 0 aromatic heterocycles. The lowest BCUT2D eigenvalue weighted by molar-refractivity contribution is 0.229. The standard InChI is InChI=1S/C14H20N2O3S/c17-20(18)9-4-14(11-20)19-13-3-1-2-12(10-13)16-7-5-15-6-8-16/h1-3,10,14-15H,4-9,11H2. The third-order valence-corrected chi connectivity index (χ3v) is 5.53. The van der Waals surface area contributed by atoms with Crippen molar-refractivity contribution in [2.24, 2.45) is 0 Å². The molecule has 5 nitrogen and oxygen atoms in total. The number of anilines is 1. The van der Waals surface area contributed by atoms with E-state index in [-0.39, 0.29) is 17.6 Å². The Kier molecular flexibility index (Phi) is 3.85. The van der Waals surface area contributed by atoms with Crippen LogP contribution in [0.4, 0.5) is 5.69 Å². The predicted octanol–water partition coefficient (Wildman–Crippen LogP) is 0.662. The van der Waals surface area contributed by atoms with Gasteiger partial charge >= 0.3 is 0 Å². The number of hydrogen-bond acceptors (Lipinski definition) is 5. The van der Waals surface area contributed by atoms with Gasteiger partial charge in [0.2, 0.25) is 0 Å². The van der Waals surface area contributed by atoms with E-state index in [4.69, 9.17) is 4.74 Å². The lowest BCUT2D eigenvalue weighted by Crippen LogP contribution is -2.43. The molecule has 6 heteroatoms. The van der Waals surface area contributed by atoms with Crippen LogP contribution in [0.1, 0.15) is 6.42 Å². The van der Waals surface area contributed by atoms with E-state index in [1.807, 2.05) is 18.2 Å². The van der Waals surface area contributed by atoms with Gasteiger partial charge in [-0.3, -0.25) is 0 Å². The molecule has 1 aromatic carbocycles. The normalized spacial score (nSPS) is 25.6. The third kappa shape index (κ3) is 3.24. The molecular weight excluding hydrogens is 276 g/mol. The van der Waals surface area contributed by atoms with Crippen LogP contribution in [0.5, 0.6) is 5.75 Å². The van der Waals surface area contributed by atoms with Gasteiger partial charge in [0.25, 0.3) is 0 Å². The molecule has 2 fully saturated rings. The van der Waals surface area contributed by atoms with Crippen molar-refractivity contribution in [3.63, 3.8) is 0 Å². The summed E-state index contributed by atoms with van der Waals surface area (Å²) in [7, 11) is -2.89. The predicted molar refractivity (Wildman–Crippen MR) is 79.2 cm³/mol. The van der Waals surface area contributed by atoms with Crippen LogP contribution in [0.2, 0.25) is 0 Å². The average molecular weight is 296 g/mol. The number of piperazine rings is 1. The fourth-order valence-corrected chi connectivity index (χ4v) is 4.31. The minimum atomic E-state index is -2.89. The number of sulfone groups is 1. The van der Waals surface area contributed by atoms with Crippen LogP contribution >= 0.6 is 0 Å². The second-order valence-electron chi connectivity index (χ2n) is 5.38. The maximum atomic E-state index is 11.5. The topological polar surface area (TPSA) is 58.6 Å². The summed E-state index contributed by atoms with van der Waals surface area (Å²) in [6.45, 7) is 3.96. The van der Waals surface area contributed by atoms with Crippen molar-refractivity contribution in [2.45, 2.75) is 12.5 Å². The summed E-state index contributed by atoms with van der Waals surface area (Å²) >= 11 is 0. The summed E-state index contributed by atoms with van der Waals surface area (Å²) in [6.07, 6.45) is 0.401. The van der Waals surface area contributed by atoms with E-state index in [0.717, 1.165) is 37.6 Å². The second-order valence-corrected chi connectivity index (χ2v) is 7.61. The molecule has 2 aliphatic heterocycles. The lowest BCUT2D eigenvalue weighted by atomic mass is 10.2. The molecule has 110 valence electrons. The molecule has 0 aliphatic carbocycles. The molecule has 3 rings (SSSR count). The van der Waals surface area contributed by atoms with E-state index >= 15 is 0 Å². The van der Waals surface area contributed by atoms with E-state index in [2.05, 4.69) is 16.3 Å². The quantitative estimate of drug-likeness (QED) is 0.888. The summed E-state index contributed by atoms with van der Waals surface area (Å²) in [4.78, 5) is 2.31. The first-order chi connectivity index (χ1) is 9.62. The SMILES string of the molecule is O=S1(=O)CCC(Oc2cccc(N3CCNCC3)c2)C1. The van der Waals surface area contributed by atoms with Gasteiger partial charge < -0.3 is 15.0 Å². The van der Waals surface area contributed by atoms with Crippen LogP contribution in [0.3, 0.4) is 0 Å². The zero-order valence-corrected chi connectivity index (χ0v) is 12.2. The highest BCUT2D eigenvalue weighted by molar-refractivity contribution is 7.91. The van der Waals surface area contributed by atoms with Crippen molar-refractivity contribution in [1.82, 2.24) is 5.32 Å². The number of hydrogen-bond donors (Lipinski definition) is 1. The number of ether oxygens (including phenoxy) is 1. The third-order valence-electron chi connectivity index (χ3n) is 3.79. The van der Waals surface area contributed by atoms with Crippen LogP contribution in [0.25, 0.3) is 0 Å². The van der Waals surface area contributed by atoms with Crippen LogP contribution in [-0.4, -0.2) is 52.2 Å². The summed E-state index contributed by atoms with van der Waals surface area (Å²) in [6, 6.07) is 7.95. The molecule has 0 saturated carbocycles. The van der Waals surface area contributed by atoms with Gasteiger partial charge in [0, 0.05) is 37.9 Å². The Morgan fingerprint density at radius 3 is 2.75 bits per heavy atom. The van der Waals surface area contributed by atoms with Gasteiger partial charge in [-0.15, -0.1) is 0 Å². The number of rotatable bonds is 3. The van der Waals surface area contributed by atoms with E-state index in [1.54, 1.807) is 0 Å². The first-order valence-electron chi connectivity index (χ1n) is 7.05. The van der Waals surface area contributed by atoms with E-state index in [1.165, 1.54) is 0 Å². The first kappa shape index (κ1) is 13.7. The maximum absolute atomic E-state index is 11.5.